The molecule has 1 atom stereocenters. The van der Waals surface area contributed by atoms with E-state index in [9.17, 15) is 9.59 Å². The standard InChI is InChI=1S/C18H25NO3/c1-13(2)10-17(20)19(11-15(4)18(21)22-5)12-16-8-6-14(3)7-9-16/h6-10,15H,11-12H2,1-5H3. The quantitative estimate of drug-likeness (QED) is 0.599. The van der Waals surface area contributed by atoms with Crippen molar-refractivity contribution in [2.75, 3.05) is 13.7 Å². The summed E-state index contributed by atoms with van der Waals surface area (Å²) in [7, 11) is 1.36. The number of benzene rings is 1. The van der Waals surface area contributed by atoms with Crippen molar-refractivity contribution < 1.29 is 14.3 Å². The summed E-state index contributed by atoms with van der Waals surface area (Å²) in [5.74, 6) is -0.750. The number of hydrogen-bond acceptors (Lipinski definition) is 3. The smallest absolute Gasteiger partial charge is 0.310 e. The molecule has 0 fully saturated rings. The molecule has 1 aromatic carbocycles. The summed E-state index contributed by atoms with van der Waals surface area (Å²) in [6.07, 6.45) is 1.60. The molecule has 0 aliphatic carbocycles. The van der Waals surface area contributed by atoms with Gasteiger partial charge < -0.3 is 9.64 Å². The van der Waals surface area contributed by atoms with Crippen molar-refractivity contribution >= 4 is 11.9 Å². The summed E-state index contributed by atoms with van der Waals surface area (Å²) >= 11 is 0. The van der Waals surface area contributed by atoms with Gasteiger partial charge in [0.2, 0.25) is 5.91 Å². The summed E-state index contributed by atoms with van der Waals surface area (Å²) in [6.45, 7) is 8.36. The second-order valence-electron chi connectivity index (χ2n) is 5.85. The molecule has 0 saturated heterocycles. The topological polar surface area (TPSA) is 46.6 Å². The van der Waals surface area contributed by atoms with E-state index in [2.05, 4.69) is 0 Å². The molecule has 4 heteroatoms. The second kappa shape index (κ2) is 8.37. The highest BCUT2D eigenvalue weighted by molar-refractivity contribution is 5.88. The predicted octanol–water partition coefficient (Wildman–Crippen LogP) is 3.10. The summed E-state index contributed by atoms with van der Waals surface area (Å²) < 4.78 is 4.75. The van der Waals surface area contributed by atoms with Crippen molar-refractivity contribution in [1.82, 2.24) is 4.90 Å². The summed E-state index contributed by atoms with van der Waals surface area (Å²) in [5, 5.41) is 0. The molecule has 1 aromatic rings. The fourth-order valence-electron chi connectivity index (χ4n) is 2.09. The number of carbonyl (C=O) groups is 2. The van der Waals surface area contributed by atoms with E-state index in [0.29, 0.717) is 13.1 Å². The number of amides is 1. The first-order valence-corrected chi connectivity index (χ1v) is 7.40. The maximum atomic E-state index is 12.4. The lowest BCUT2D eigenvalue weighted by molar-refractivity contribution is -0.146. The van der Waals surface area contributed by atoms with Crippen LogP contribution in [0.1, 0.15) is 31.9 Å². The van der Waals surface area contributed by atoms with E-state index in [0.717, 1.165) is 11.1 Å². The third-order valence-electron chi connectivity index (χ3n) is 3.32. The number of allylic oxidation sites excluding steroid dienone is 1. The van der Waals surface area contributed by atoms with Gasteiger partial charge in [-0.15, -0.1) is 0 Å². The predicted molar refractivity (Wildman–Crippen MR) is 87.2 cm³/mol. The highest BCUT2D eigenvalue weighted by Crippen LogP contribution is 2.11. The first-order chi connectivity index (χ1) is 10.3. The molecule has 1 unspecified atom stereocenters. The summed E-state index contributed by atoms with van der Waals surface area (Å²) in [5.41, 5.74) is 3.15. The molecular weight excluding hydrogens is 278 g/mol. The number of rotatable bonds is 6. The van der Waals surface area contributed by atoms with Gasteiger partial charge in [0.1, 0.15) is 0 Å². The van der Waals surface area contributed by atoms with Crippen LogP contribution in [-0.4, -0.2) is 30.4 Å². The molecule has 1 amide bonds. The first-order valence-electron chi connectivity index (χ1n) is 7.40. The number of nitrogens with zero attached hydrogens (tertiary/aromatic N) is 1. The molecular formula is C18H25NO3. The Bertz CT molecular complexity index is 542. The van der Waals surface area contributed by atoms with Gasteiger partial charge in [0.25, 0.3) is 0 Å². The van der Waals surface area contributed by atoms with Crippen LogP contribution in [0.3, 0.4) is 0 Å². The first kappa shape index (κ1) is 18.0. The highest BCUT2D eigenvalue weighted by atomic mass is 16.5. The number of carbonyl (C=O) groups excluding carboxylic acids is 2. The molecule has 0 aliphatic rings. The van der Waals surface area contributed by atoms with Crippen LogP contribution in [-0.2, 0) is 20.9 Å². The zero-order valence-electron chi connectivity index (χ0n) is 14.1. The monoisotopic (exact) mass is 303 g/mol. The zero-order valence-corrected chi connectivity index (χ0v) is 14.1. The lowest BCUT2D eigenvalue weighted by Gasteiger charge is -2.24. The molecule has 120 valence electrons. The maximum Gasteiger partial charge on any atom is 0.310 e. The Morgan fingerprint density at radius 1 is 1.23 bits per heavy atom. The van der Waals surface area contributed by atoms with Crippen molar-refractivity contribution in [3.05, 3.63) is 47.0 Å². The van der Waals surface area contributed by atoms with E-state index < -0.39 is 0 Å². The van der Waals surface area contributed by atoms with Crippen molar-refractivity contribution in [1.29, 1.82) is 0 Å². The number of methoxy groups -OCH3 is 1. The van der Waals surface area contributed by atoms with E-state index in [1.807, 2.05) is 45.0 Å². The van der Waals surface area contributed by atoms with Gasteiger partial charge in [0.05, 0.1) is 13.0 Å². The van der Waals surface area contributed by atoms with Gasteiger partial charge in [-0.1, -0.05) is 42.3 Å². The fraction of sp³-hybridized carbons (Fsp3) is 0.444. The van der Waals surface area contributed by atoms with Gasteiger partial charge in [0.15, 0.2) is 0 Å². The minimum absolute atomic E-state index is 0.0867. The maximum absolute atomic E-state index is 12.4. The lowest BCUT2D eigenvalue weighted by atomic mass is 10.1. The molecule has 0 heterocycles. The van der Waals surface area contributed by atoms with Crippen LogP contribution in [0.4, 0.5) is 0 Å². The number of hydrogen-bond donors (Lipinski definition) is 0. The zero-order chi connectivity index (χ0) is 16.7. The van der Waals surface area contributed by atoms with Gasteiger partial charge in [-0.2, -0.15) is 0 Å². The van der Waals surface area contributed by atoms with Crippen LogP contribution in [0.2, 0.25) is 0 Å². The molecule has 0 aromatic heterocycles. The number of aryl methyl sites for hydroxylation is 1. The molecule has 0 aliphatic heterocycles. The Labute approximate surface area is 132 Å². The molecule has 0 bridgehead atoms. The Morgan fingerprint density at radius 3 is 2.32 bits per heavy atom. The number of ether oxygens (including phenoxy) is 1. The molecule has 1 rings (SSSR count). The van der Waals surface area contributed by atoms with Crippen LogP contribution in [0.15, 0.2) is 35.9 Å². The number of esters is 1. The van der Waals surface area contributed by atoms with Crippen LogP contribution in [0, 0.1) is 12.8 Å². The van der Waals surface area contributed by atoms with E-state index in [1.165, 1.54) is 12.7 Å². The molecule has 4 nitrogen and oxygen atoms in total. The summed E-state index contributed by atoms with van der Waals surface area (Å²) in [4.78, 5) is 25.7. The third kappa shape index (κ3) is 5.72. The van der Waals surface area contributed by atoms with Crippen LogP contribution in [0.25, 0.3) is 0 Å². The van der Waals surface area contributed by atoms with Gasteiger partial charge in [-0.3, -0.25) is 9.59 Å². The largest absolute Gasteiger partial charge is 0.469 e. The highest BCUT2D eigenvalue weighted by Gasteiger charge is 2.20. The van der Waals surface area contributed by atoms with E-state index >= 15 is 0 Å². The van der Waals surface area contributed by atoms with Gasteiger partial charge in [-0.05, 0) is 26.3 Å². The Kier molecular flexibility index (Phi) is 6.83. The van der Waals surface area contributed by atoms with E-state index in [1.54, 1.807) is 17.9 Å². The lowest BCUT2D eigenvalue weighted by Crippen LogP contribution is -2.36. The minimum Gasteiger partial charge on any atom is -0.469 e. The normalized spacial score (nSPS) is 11.5. The molecule has 0 spiro atoms. The SMILES string of the molecule is COC(=O)C(C)CN(Cc1ccc(C)cc1)C(=O)C=C(C)C. The van der Waals surface area contributed by atoms with Crippen LogP contribution in [0.5, 0.6) is 0 Å². The molecule has 22 heavy (non-hydrogen) atoms. The van der Waals surface area contributed by atoms with Crippen LogP contribution < -0.4 is 0 Å². The molecule has 0 N–H and O–H groups in total. The average Bonchev–Trinajstić information content (AvgIpc) is 2.47. The van der Waals surface area contributed by atoms with Gasteiger partial charge in [0, 0.05) is 19.2 Å². The van der Waals surface area contributed by atoms with Gasteiger partial charge >= 0.3 is 5.97 Å². The van der Waals surface area contributed by atoms with Crippen molar-refractivity contribution in [3.8, 4) is 0 Å². The van der Waals surface area contributed by atoms with Crippen LogP contribution >= 0.6 is 0 Å². The Balaban J connectivity index is 2.90. The Hall–Kier alpha value is -2.10. The summed E-state index contributed by atoms with van der Waals surface area (Å²) in [6, 6.07) is 8.03. The fourth-order valence-corrected chi connectivity index (χ4v) is 2.09. The Morgan fingerprint density at radius 2 is 1.82 bits per heavy atom. The van der Waals surface area contributed by atoms with Crippen molar-refractivity contribution in [2.45, 2.75) is 34.2 Å². The molecule has 0 radical (unpaired) electrons. The minimum atomic E-state index is -0.357. The third-order valence-corrected chi connectivity index (χ3v) is 3.32. The molecule has 0 saturated carbocycles. The van der Waals surface area contributed by atoms with Gasteiger partial charge in [-0.25, -0.2) is 0 Å². The van der Waals surface area contributed by atoms with Crippen molar-refractivity contribution in [2.24, 2.45) is 5.92 Å². The van der Waals surface area contributed by atoms with Crippen molar-refractivity contribution in [3.63, 3.8) is 0 Å². The van der Waals surface area contributed by atoms with E-state index in [4.69, 9.17) is 4.74 Å². The average molecular weight is 303 g/mol. The second-order valence-corrected chi connectivity index (χ2v) is 5.85. The van der Waals surface area contributed by atoms with E-state index in [-0.39, 0.29) is 17.8 Å².